The molecular formula is C27H23N3O4. The summed E-state index contributed by atoms with van der Waals surface area (Å²) in [5, 5.41) is 5.65. The summed E-state index contributed by atoms with van der Waals surface area (Å²) in [6.45, 7) is -0.343. The Hall–Kier alpha value is -4.26. The van der Waals surface area contributed by atoms with E-state index >= 15 is 0 Å². The minimum Gasteiger partial charge on any atom is -0.322 e. The first-order valence-corrected chi connectivity index (χ1v) is 11.2. The van der Waals surface area contributed by atoms with Gasteiger partial charge in [-0.1, -0.05) is 42.5 Å². The molecule has 1 spiro atoms. The van der Waals surface area contributed by atoms with Crippen LogP contribution in [-0.2, 0) is 16.8 Å². The van der Waals surface area contributed by atoms with Crippen LogP contribution in [0.15, 0.2) is 78.9 Å². The number of carbonyl (C=O) groups excluding carboxylic acids is 4. The number of hydrogen-bond acceptors (Lipinski definition) is 4. The molecule has 0 radical (unpaired) electrons. The van der Waals surface area contributed by atoms with Crippen molar-refractivity contribution in [1.29, 1.82) is 0 Å². The van der Waals surface area contributed by atoms with E-state index in [-0.39, 0.29) is 24.1 Å². The molecule has 1 fully saturated rings. The average Bonchev–Trinajstić information content (AvgIpc) is 3.10. The van der Waals surface area contributed by atoms with Gasteiger partial charge in [-0.15, -0.1) is 0 Å². The number of hydrogen-bond donors (Lipinski definition) is 2. The van der Waals surface area contributed by atoms with Crippen LogP contribution in [0.3, 0.4) is 0 Å². The molecule has 1 atom stereocenters. The molecule has 3 aromatic rings. The monoisotopic (exact) mass is 453 g/mol. The third-order valence-corrected chi connectivity index (χ3v) is 6.45. The molecule has 3 aromatic carbocycles. The molecule has 1 saturated heterocycles. The molecule has 5 rings (SSSR count). The molecule has 0 saturated carbocycles. The minimum absolute atomic E-state index is 0.253. The lowest BCUT2D eigenvalue weighted by molar-refractivity contribution is -0.131. The lowest BCUT2D eigenvalue weighted by Crippen LogP contribution is -2.46. The number of imide groups is 1. The highest BCUT2D eigenvalue weighted by Gasteiger charge is 2.54. The molecule has 1 aliphatic carbocycles. The number of Topliss-reactive ketones (excluding diaryl/α,β-unsaturated/α-hetero) is 1. The van der Waals surface area contributed by atoms with Crippen molar-refractivity contribution in [3.05, 3.63) is 101 Å². The number of ketones is 1. The topological polar surface area (TPSA) is 95.6 Å². The molecular weight excluding hydrogens is 430 g/mol. The van der Waals surface area contributed by atoms with Crippen molar-refractivity contribution in [3.63, 3.8) is 0 Å². The summed E-state index contributed by atoms with van der Waals surface area (Å²) in [7, 11) is 0. The van der Waals surface area contributed by atoms with Crippen molar-refractivity contribution in [3.8, 4) is 0 Å². The first-order chi connectivity index (χ1) is 16.5. The highest BCUT2D eigenvalue weighted by Crippen LogP contribution is 2.39. The zero-order valence-electron chi connectivity index (χ0n) is 18.4. The predicted octanol–water partition coefficient (Wildman–Crippen LogP) is 3.91. The van der Waals surface area contributed by atoms with Gasteiger partial charge < -0.3 is 10.6 Å². The van der Waals surface area contributed by atoms with Crippen LogP contribution in [0.2, 0.25) is 0 Å². The van der Waals surface area contributed by atoms with Gasteiger partial charge in [0.2, 0.25) is 0 Å². The first-order valence-electron chi connectivity index (χ1n) is 11.2. The van der Waals surface area contributed by atoms with Gasteiger partial charge in [0.25, 0.3) is 11.8 Å². The summed E-state index contributed by atoms with van der Waals surface area (Å²) < 4.78 is 0. The molecule has 7 heteroatoms. The average molecular weight is 453 g/mol. The van der Waals surface area contributed by atoms with Crippen molar-refractivity contribution in [2.24, 2.45) is 0 Å². The van der Waals surface area contributed by atoms with Gasteiger partial charge in [0.15, 0.2) is 5.78 Å². The van der Waals surface area contributed by atoms with Gasteiger partial charge in [-0.3, -0.25) is 19.3 Å². The Morgan fingerprint density at radius 1 is 0.882 bits per heavy atom. The molecule has 0 bridgehead atoms. The molecule has 7 nitrogen and oxygen atoms in total. The number of benzene rings is 3. The quantitative estimate of drug-likeness (QED) is 0.452. The van der Waals surface area contributed by atoms with E-state index < -0.39 is 11.6 Å². The van der Waals surface area contributed by atoms with Gasteiger partial charge in [0.05, 0.1) is 6.54 Å². The van der Waals surface area contributed by atoms with Gasteiger partial charge in [-0.25, -0.2) is 4.79 Å². The molecule has 0 unspecified atom stereocenters. The molecule has 1 heterocycles. The van der Waals surface area contributed by atoms with Crippen LogP contribution >= 0.6 is 0 Å². The van der Waals surface area contributed by atoms with Crippen LogP contribution < -0.4 is 10.6 Å². The number of urea groups is 1. The Bertz CT molecular complexity index is 1290. The second-order valence-electron chi connectivity index (χ2n) is 8.56. The molecule has 2 N–H and O–H groups in total. The largest absolute Gasteiger partial charge is 0.325 e. The number of amides is 4. The maximum absolute atomic E-state index is 13.4. The van der Waals surface area contributed by atoms with E-state index in [0.29, 0.717) is 23.2 Å². The number of nitrogens with zero attached hydrogens (tertiary/aromatic N) is 1. The SMILES string of the molecule is O=C(CN1C(=O)N[C@@]2(CCCc3ccccc32)C1=O)c1ccc(NC(=O)c2ccccc2)cc1. The third kappa shape index (κ3) is 3.75. The Labute approximate surface area is 196 Å². The van der Waals surface area contributed by atoms with Crippen LogP contribution in [0, 0.1) is 0 Å². The van der Waals surface area contributed by atoms with Crippen LogP contribution in [0.4, 0.5) is 10.5 Å². The van der Waals surface area contributed by atoms with Crippen molar-refractivity contribution < 1.29 is 19.2 Å². The number of anilines is 1. The van der Waals surface area contributed by atoms with E-state index in [0.717, 1.165) is 28.9 Å². The van der Waals surface area contributed by atoms with Crippen LogP contribution in [0.1, 0.15) is 44.7 Å². The highest BCUT2D eigenvalue weighted by molar-refractivity contribution is 6.12. The lowest BCUT2D eigenvalue weighted by Gasteiger charge is -2.33. The van der Waals surface area contributed by atoms with Gasteiger partial charge in [0.1, 0.15) is 5.54 Å². The summed E-state index contributed by atoms with van der Waals surface area (Å²) in [5.74, 6) is -0.993. The van der Waals surface area contributed by atoms with E-state index in [1.165, 1.54) is 0 Å². The van der Waals surface area contributed by atoms with Gasteiger partial charge in [-0.05, 0) is 66.8 Å². The van der Waals surface area contributed by atoms with Gasteiger partial charge in [-0.2, -0.15) is 0 Å². The second-order valence-corrected chi connectivity index (χ2v) is 8.56. The highest BCUT2D eigenvalue weighted by atomic mass is 16.2. The Balaban J connectivity index is 1.29. The van der Waals surface area contributed by atoms with Gasteiger partial charge >= 0.3 is 6.03 Å². The Kier molecular flexibility index (Phi) is 5.45. The van der Waals surface area contributed by atoms with Crippen molar-refractivity contribution in [2.75, 3.05) is 11.9 Å². The van der Waals surface area contributed by atoms with E-state index in [2.05, 4.69) is 10.6 Å². The molecule has 170 valence electrons. The summed E-state index contributed by atoms with van der Waals surface area (Å²) in [4.78, 5) is 52.3. The standard InChI is InChI=1S/C27H23N3O4/c31-23(19-12-14-21(15-13-19)28-24(32)20-8-2-1-3-9-20)17-30-25(33)27(29-26(30)34)16-6-10-18-7-4-5-11-22(18)27/h1-5,7-9,11-15H,6,10,16-17H2,(H,28,32)(H,29,34)/t27-/m1/s1. The normalized spacial score (nSPS) is 19.0. The molecule has 4 amide bonds. The van der Waals surface area contributed by atoms with E-state index in [4.69, 9.17) is 0 Å². The van der Waals surface area contributed by atoms with E-state index in [1.54, 1.807) is 48.5 Å². The first kappa shape index (κ1) is 21.6. The number of aryl methyl sites for hydroxylation is 1. The van der Waals surface area contributed by atoms with Crippen molar-refractivity contribution in [1.82, 2.24) is 10.2 Å². The molecule has 34 heavy (non-hydrogen) atoms. The van der Waals surface area contributed by atoms with Gasteiger partial charge in [0, 0.05) is 16.8 Å². The lowest BCUT2D eigenvalue weighted by atomic mass is 9.76. The van der Waals surface area contributed by atoms with Crippen LogP contribution in [0.25, 0.3) is 0 Å². The Morgan fingerprint density at radius 2 is 1.59 bits per heavy atom. The van der Waals surface area contributed by atoms with Crippen LogP contribution in [0.5, 0.6) is 0 Å². The summed E-state index contributed by atoms with van der Waals surface area (Å²) in [6, 6.07) is 22.3. The number of rotatable bonds is 5. The molecule has 2 aliphatic rings. The number of nitrogens with one attached hydrogen (secondary N) is 2. The maximum Gasteiger partial charge on any atom is 0.325 e. The number of fused-ring (bicyclic) bond motifs is 2. The fourth-order valence-corrected chi connectivity index (χ4v) is 4.72. The molecule has 1 aliphatic heterocycles. The second kappa shape index (κ2) is 8.59. The van der Waals surface area contributed by atoms with E-state index in [1.807, 2.05) is 30.3 Å². The summed E-state index contributed by atoms with van der Waals surface area (Å²) in [6.07, 6.45) is 2.14. The number of carbonyl (C=O) groups is 4. The summed E-state index contributed by atoms with van der Waals surface area (Å²) in [5.41, 5.74) is 2.18. The zero-order chi connectivity index (χ0) is 23.7. The van der Waals surface area contributed by atoms with Crippen LogP contribution in [-0.4, -0.2) is 35.1 Å². The Morgan fingerprint density at radius 3 is 2.35 bits per heavy atom. The smallest absolute Gasteiger partial charge is 0.322 e. The minimum atomic E-state index is -1.10. The van der Waals surface area contributed by atoms with Crippen molar-refractivity contribution >= 4 is 29.3 Å². The zero-order valence-corrected chi connectivity index (χ0v) is 18.4. The maximum atomic E-state index is 13.4. The third-order valence-electron chi connectivity index (χ3n) is 6.45. The fourth-order valence-electron chi connectivity index (χ4n) is 4.72. The predicted molar refractivity (Wildman–Crippen MR) is 126 cm³/mol. The summed E-state index contributed by atoms with van der Waals surface area (Å²) >= 11 is 0. The fraction of sp³-hybridized carbons (Fsp3) is 0.185. The molecule has 0 aromatic heterocycles. The van der Waals surface area contributed by atoms with E-state index in [9.17, 15) is 19.2 Å². The van der Waals surface area contributed by atoms with Crippen molar-refractivity contribution in [2.45, 2.75) is 24.8 Å².